The van der Waals surface area contributed by atoms with E-state index in [0.29, 0.717) is 18.2 Å². The minimum absolute atomic E-state index is 0.234. The largest absolute Gasteiger partial charge is 0.338 e. The van der Waals surface area contributed by atoms with E-state index < -0.39 is 0 Å². The molecule has 0 spiro atoms. The van der Waals surface area contributed by atoms with Crippen molar-refractivity contribution in [2.24, 2.45) is 5.92 Å². The lowest BCUT2D eigenvalue weighted by molar-refractivity contribution is 0.177. The molecule has 0 radical (unpaired) electrons. The van der Waals surface area contributed by atoms with Gasteiger partial charge >= 0.3 is 6.03 Å². The standard InChI is InChI=1S/C18H22FN3OS/c19-15-3-5-16(6-4-15)21-18(23)20-12-14-7-9-22(10-8-14)13-17-2-1-11-24-17/h1-6,11,14H,7-10,12-13H2,(H2,20,21,23). The molecule has 0 atom stereocenters. The Morgan fingerprint density at radius 2 is 1.96 bits per heavy atom. The van der Waals surface area contributed by atoms with Crippen LogP contribution in [0.4, 0.5) is 14.9 Å². The van der Waals surface area contributed by atoms with Gasteiger partial charge in [-0.15, -0.1) is 11.3 Å². The summed E-state index contributed by atoms with van der Waals surface area (Å²) in [5.74, 6) is 0.207. The van der Waals surface area contributed by atoms with Gasteiger partial charge in [-0.05, 0) is 67.6 Å². The molecule has 0 unspecified atom stereocenters. The van der Waals surface area contributed by atoms with Gasteiger partial charge in [0.25, 0.3) is 0 Å². The summed E-state index contributed by atoms with van der Waals surface area (Å²) >= 11 is 1.80. The van der Waals surface area contributed by atoms with Gasteiger partial charge in [0.15, 0.2) is 0 Å². The second-order valence-electron chi connectivity index (χ2n) is 6.14. The zero-order valence-corrected chi connectivity index (χ0v) is 14.3. The van der Waals surface area contributed by atoms with Gasteiger partial charge in [-0.2, -0.15) is 0 Å². The van der Waals surface area contributed by atoms with E-state index in [0.717, 1.165) is 32.5 Å². The van der Waals surface area contributed by atoms with E-state index in [1.54, 1.807) is 23.5 Å². The first-order chi connectivity index (χ1) is 11.7. The SMILES string of the molecule is O=C(NCC1CCN(Cc2cccs2)CC1)Nc1ccc(F)cc1. The van der Waals surface area contributed by atoms with E-state index >= 15 is 0 Å². The van der Waals surface area contributed by atoms with Crippen LogP contribution in [0.1, 0.15) is 17.7 Å². The van der Waals surface area contributed by atoms with Gasteiger partial charge in [-0.1, -0.05) is 6.07 Å². The lowest BCUT2D eigenvalue weighted by atomic mass is 9.97. The van der Waals surface area contributed by atoms with Gasteiger partial charge in [-0.3, -0.25) is 4.90 Å². The predicted molar refractivity (Wildman–Crippen MR) is 95.7 cm³/mol. The quantitative estimate of drug-likeness (QED) is 0.861. The van der Waals surface area contributed by atoms with E-state index in [2.05, 4.69) is 33.0 Å². The minimum atomic E-state index is -0.310. The van der Waals surface area contributed by atoms with Crippen molar-refractivity contribution in [3.05, 3.63) is 52.5 Å². The van der Waals surface area contributed by atoms with Crippen molar-refractivity contribution in [1.29, 1.82) is 0 Å². The number of hydrogen-bond acceptors (Lipinski definition) is 3. The molecule has 1 aliphatic heterocycles. The number of thiophene rings is 1. The summed E-state index contributed by atoms with van der Waals surface area (Å²) in [4.78, 5) is 15.8. The van der Waals surface area contributed by atoms with Crippen LogP contribution in [0.15, 0.2) is 41.8 Å². The van der Waals surface area contributed by atoms with Crippen molar-refractivity contribution in [1.82, 2.24) is 10.2 Å². The highest BCUT2D eigenvalue weighted by Crippen LogP contribution is 2.20. The predicted octanol–water partition coefficient (Wildman–Crippen LogP) is 3.92. The Bertz CT molecular complexity index is 637. The van der Waals surface area contributed by atoms with Gasteiger partial charge < -0.3 is 10.6 Å². The van der Waals surface area contributed by atoms with Crippen molar-refractivity contribution in [3.63, 3.8) is 0 Å². The molecule has 1 aromatic heterocycles. The molecule has 1 aromatic carbocycles. The third-order valence-electron chi connectivity index (χ3n) is 4.32. The summed E-state index contributed by atoms with van der Waals surface area (Å²) in [5, 5.41) is 7.75. The van der Waals surface area contributed by atoms with Crippen molar-refractivity contribution < 1.29 is 9.18 Å². The number of piperidine rings is 1. The number of nitrogens with one attached hydrogen (secondary N) is 2. The molecule has 6 heteroatoms. The first-order valence-electron chi connectivity index (χ1n) is 8.24. The summed E-state index contributed by atoms with van der Waals surface area (Å²) in [6, 6.07) is 9.81. The number of carbonyl (C=O) groups is 1. The first kappa shape index (κ1) is 16.9. The number of urea groups is 1. The molecule has 4 nitrogen and oxygen atoms in total. The third-order valence-corrected chi connectivity index (χ3v) is 5.18. The Morgan fingerprint density at radius 3 is 2.62 bits per heavy atom. The highest BCUT2D eigenvalue weighted by atomic mass is 32.1. The maximum atomic E-state index is 12.8. The highest BCUT2D eigenvalue weighted by molar-refractivity contribution is 7.09. The van der Waals surface area contributed by atoms with Crippen LogP contribution in [0.2, 0.25) is 0 Å². The first-order valence-corrected chi connectivity index (χ1v) is 9.12. The smallest absolute Gasteiger partial charge is 0.319 e. The van der Waals surface area contributed by atoms with Crippen molar-refractivity contribution in [3.8, 4) is 0 Å². The topological polar surface area (TPSA) is 44.4 Å². The van der Waals surface area contributed by atoms with Gasteiger partial charge in [0.1, 0.15) is 5.82 Å². The lowest BCUT2D eigenvalue weighted by Gasteiger charge is -2.31. The summed E-state index contributed by atoms with van der Waals surface area (Å²) in [6.45, 7) is 3.86. The van der Waals surface area contributed by atoms with Crippen LogP contribution in [-0.4, -0.2) is 30.6 Å². The molecule has 2 aromatic rings. The summed E-state index contributed by atoms with van der Waals surface area (Å²) < 4.78 is 12.8. The van der Waals surface area contributed by atoms with E-state index in [1.165, 1.54) is 17.0 Å². The summed E-state index contributed by atoms with van der Waals surface area (Å²) in [7, 11) is 0. The molecule has 0 saturated carbocycles. The average molecular weight is 347 g/mol. The molecule has 1 fully saturated rings. The molecule has 1 aliphatic rings. The van der Waals surface area contributed by atoms with E-state index in [1.807, 2.05) is 0 Å². The molecule has 1 saturated heterocycles. The Balaban J connectivity index is 1.35. The van der Waals surface area contributed by atoms with E-state index in [-0.39, 0.29) is 11.8 Å². The normalized spacial score (nSPS) is 16.0. The maximum absolute atomic E-state index is 12.8. The fourth-order valence-corrected chi connectivity index (χ4v) is 3.66. The fourth-order valence-electron chi connectivity index (χ4n) is 2.92. The number of hydrogen-bond donors (Lipinski definition) is 2. The second-order valence-corrected chi connectivity index (χ2v) is 7.17. The molecular formula is C18H22FN3OS. The Hall–Kier alpha value is -1.92. The van der Waals surface area contributed by atoms with Crippen molar-refractivity contribution in [2.75, 3.05) is 25.0 Å². The van der Waals surface area contributed by atoms with Gasteiger partial charge in [0, 0.05) is 23.7 Å². The van der Waals surface area contributed by atoms with Crippen molar-refractivity contribution >= 4 is 23.1 Å². The molecule has 0 bridgehead atoms. The number of halogens is 1. The summed E-state index contributed by atoms with van der Waals surface area (Å²) in [6.07, 6.45) is 2.20. The highest BCUT2D eigenvalue weighted by Gasteiger charge is 2.19. The van der Waals surface area contributed by atoms with Crippen LogP contribution in [0, 0.1) is 11.7 Å². The van der Waals surface area contributed by atoms with Crippen LogP contribution in [0.25, 0.3) is 0 Å². The van der Waals surface area contributed by atoms with Crippen LogP contribution < -0.4 is 10.6 Å². The Kier molecular flexibility index (Phi) is 5.82. The zero-order valence-electron chi connectivity index (χ0n) is 13.5. The molecule has 0 aliphatic carbocycles. The number of nitrogens with zero attached hydrogens (tertiary/aromatic N) is 1. The van der Waals surface area contributed by atoms with E-state index in [9.17, 15) is 9.18 Å². The molecule has 2 heterocycles. The molecule has 128 valence electrons. The monoisotopic (exact) mass is 347 g/mol. The van der Waals surface area contributed by atoms with Crippen LogP contribution in [0.3, 0.4) is 0 Å². The maximum Gasteiger partial charge on any atom is 0.319 e. The lowest BCUT2D eigenvalue weighted by Crippen LogP contribution is -2.39. The third kappa shape index (κ3) is 5.04. The van der Waals surface area contributed by atoms with Crippen LogP contribution in [-0.2, 0) is 6.54 Å². The molecule has 2 N–H and O–H groups in total. The summed E-state index contributed by atoms with van der Waals surface area (Å²) in [5.41, 5.74) is 0.597. The number of carbonyl (C=O) groups excluding carboxylic acids is 1. The molecular weight excluding hydrogens is 325 g/mol. The Labute approximate surface area is 145 Å². The van der Waals surface area contributed by atoms with Crippen molar-refractivity contribution in [2.45, 2.75) is 19.4 Å². The van der Waals surface area contributed by atoms with Gasteiger partial charge in [0.05, 0.1) is 0 Å². The number of anilines is 1. The molecule has 24 heavy (non-hydrogen) atoms. The van der Waals surface area contributed by atoms with Crippen LogP contribution >= 0.6 is 11.3 Å². The number of benzene rings is 1. The van der Waals surface area contributed by atoms with Gasteiger partial charge in [0.2, 0.25) is 0 Å². The fraction of sp³-hybridized carbons (Fsp3) is 0.389. The number of rotatable bonds is 5. The minimum Gasteiger partial charge on any atom is -0.338 e. The second kappa shape index (κ2) is 8.26. The average Bonchev–Trinajstić information content (AvgIpc) is 3.09. The zero-order chi connectivity index (χ0) is 16.8. The van der Waals surface area contributed by atoms with Crippen LogP contribution in [0.5, 0.6) is 0 Å². The van der Waals surface area contributed by atoms with Gasteiger partial charge in [-0.25, -0.2) is 9.18 Å². The Morgan fingerprint density at radius 1 is 1.21 bits per heavy atom. The van der Waals surface area contributed by atoms with E-state index in [4.69, 9.17) is 0 Å². The number of likely N-dealkylation sites (tertiary alicyclic amines) is 1. The molecule has 3 rings (SSSR count). The molecule has 2 amide bonds. The number of amides is 2.